The maximum atomic E-state index is 13.6. The number of carbonyl (C=O) groups is 3. The van der Waals surface area contributed by atoms with Crippen LogP contribution in [0.15, 0.2) is 11.6 Å². The summed E-state index contributed by atoms with van der Waals surface area (Å²) in [7, 11) is 1.79. The highest BCUT2D eigenvalue weighted by atomic mass is 16.2. The molecule has 0 saturated carbocycles. The molecule has 2 unspecified atom stereocenters. The minimum atomic E-state index is -0.599. The van der Waals surface area contributed by atoms with Gasteiger partial charge < -0.3 is 15.1 Å². The number of likely N-dealkylation sites (N-methyl/N-ethyl adjacent to an activating group) is 1. The summed E-state index contributed by atoms with van der Waals surface area (Å²) in [6.07, 6.45) is 7.01. The van der Waals surface area contributed by atoms with E-state index in [1.54, 1.807) is 11.9 Å². The van der Waals surface area contributed by atoms with Crippen molar-refractivity contribution in [1.29, 1.82) is 0 Å². The van der Waals surface area contributed by atoms with Crippen molar-refractivity contribution in [2.24, 2.45) is 11.8 Å². The highest BCUT2D eigenvalue weighted by Gasteiger charge is 2.36. The van der Waals surface area contributed by atoms with Crippen molar-refractivity contribution in [3.05, 3.63) is 11.6 Å². The summed E-state index contributed by atoms with van der Waals surface area (Å²) in [5.74, 6) is -0.00558. The third-order valence-electron chi connectivity index (χ3n) is 7.37. The Kier molecular flexibility index (Phi) is 10.6. The van der Waals surface area contributed by atoms with Gasteiger partial charge in [-0.05, 0) is 64.8 Å². The smallest absolute Gasteiger partial charge is 0.249 e. The van der Waals surface area contributed by atoms with E-state index in [9.17, 15) is 14.4 Å². The normalized spacial score (nSPS) is 21.8. The Balaban J connectivity index is 2.17. The molecule has 2 aliphatic heterocycles. The van der Waals surface area contributed by atoms with Crippen molar-refractivity contribution < 1.29 is 14.4 Å². The molecule has 2 rings (SSSR count). The number of amides is 3. The lowest BCUT2D eigenvalue weighted by Gasteiger charge is -2.39. The van der Waals surface area contributed by atoms with Crippen LogP contribution in [0.3, 0.4) is 0 Å². The first-order valence-corrected chi connectivity index (χ1v) is 13.3. The minimum Gasteiger partial charge on any atom is -0.343 e. The van der Waals surface area contributed by atoms with Gasteiger partial charge >= 0.3 is 0 Å². The van der Waals surface area contributed by atoms with Gasteiger partial charge in [0.15, 0.2) is 0 Å². The third kappa shape index (κ3) is 7.06. The molecule has 0 radical (unpaired) electrons. The summed E-state index contributed by atoms with van der Waals surface area (Å²) < 4.78 is 0. The number of nitrogens with zero attached hydrogens (tertiary/aromatic N) is 3. The molecule has 0 aromatic carbocycles. The van der Waals surface area contributed by atoms with Crippen LogP contribution >= 0.6 is 0 Å². The highest BCUT2D eigenvalue weighted by molar-refractivity contribution is 5.93. The van der Waals surface area contributed by atoms with Crippen molar-refractivity contribution in [3.8, 4) is 0 Å². The molecule has 0 bridgehead atoms. The highest BCUT2D eigenvalue weighted by Crippen LogP contribution is 2.22. The van der Waals surface area contributed by atoms with Crippen molar-refractivity contribution in [1.82, 2.24) is 20.0 Å². The second-order valence-corrected chi connectivity index (χ2v) is 11.1. The quantitative estimate of drug-likeness (QED) is 0.518. The fourth-order valence-electron chi connectivity index (χ4n) is 5.23. The Labute approximate surface area is 207 Å². The Morgan fingerprint density at radius 2 is 1.50 bits per heavy atom. The molecule has 2 heterocycles. The molecule has 194 valence electrons. The van der Waals surface area contributed by atoms with Crippen LogP contribution in [0.1, 0.15) is 80.6 Å². The Bertz CT molecular complexity index is 740. The van der Waals surface area contributed by atoms with E-state index in [2.05, 4.69) is 37.9 Å². The summed E-state index contributed by atoms with van der Waals surface area (Å²) in [5.41, 5.74) is 0.681. The Hall–Kier alpha value is -1.89. The molecular formula is C27H48N4O3. The van der Waals surface area contributed by atoms with Crippen LogP contribution in [-0.4, -0.2) is 83.3 Å². The first-order chi connectivity index (χ1) is 16.0. The van der Waals surface area contributed by atoms with Crippen molar-refractivity contribution in [3.63, 3.8) is 0 Å². The predicted octanol–water partition coefficient (Wildman–Crippen LogP) is 3.44. The fourth-order valence-corrected chi connectivity index (χ4v) is 5.23. The molecule has 2 aliphatic rings. The maximum Gasteiger partial charge on any atom is 0.249 e. The SMILES string of the molecule is C/C(=C\[C@H](C(C)C)N(C)C(=O)C(NC(=O)C1CCCCN1C(C)C)C(C)C)C(=O)N1CCCC1. The summed E-state index contributed by atoms with van der Waals surface area (Å²) in [4.78, 5) is 45.6. The van der Waals surface area contributed by atoms with Crippen LogP contribution in [-0.2, 0) is 14.4 Å². The van der Waals surface area contributed by atoms with Crippen molar-refractivity contribution >= 4 is 17.7 Å². The van der Waals surface area contributed by atoms with E-state index in [0.29, 0.717) is 11.6 Å². The van der Waals surface area contributed by atoms with Crippen LogP contribution in [0, 0.1) is 11.8 Å². The fraction of sp³-hybridized carbons (Fsp3) is 0.815. The third-order valence-corrected chi connectivity index (χ3v) is 7.37. The molecule has 34 heavy (non-hydrogen) atoms. The molecule has 2 fully saturated rings. The summed E-state index contributed by atoms with van der Waals surface area (Å²) in [5, 5.41) is 3.10. The van der Waals surface area contributed by atoms with Gasteiger partial charge in [0.2, 0.25) is 17.7 Å². The van der Waals surface area contributed by atoms with E-state index >= 15 is 0 Å². The zero-order valence-electron chi connectivity index (χ0n) is 22.8. The topological polar surface area (TPSA) is 73.0 Å². The average Bonchev–Trinajstić information content (AvgIpc) is 3.33. The van der Waals surface area contributed by atoms with Gasteiger partial charge in [0.05, 0.1) is 12.1 Å². The largest absolute Gasteiger partial charge is 0.343 e. The van der Waals surface area contributed by atoms with Gasteiger partial charge in [0.25, 0.3) is 0 Å². The number of rotatable bonds is 9. The standard InChI is InChI=1S/C27H48N4O3/c1-18(2)23(17-21(7)26(33)30-14-11-12-15-30)29(8)27(34)24(19(3)4)28-25(32)22-13-9-10-16-31(22)20(5)6/h17-20,22-24H,9-16H2,1-8H3,(H,28,32)/b21-17+/t22?,23-,24?/m1/s1. The molecular weight excluding hydrogens is 428 g/mol. The van der Waals surface area contributed by atoms with Gasteiger partial charge in [0.1, 0.15) is 6.04 Å². The van der Waals surface area contributed by atoms with Gasteiger partial charge in [-0.25, -0.2) is 0 Å². The average molecular weight is 477 g/mol. The van der Waals surface area contributed by atoms with E-state index in [4.69, 9.17) is 0 Å². The molecule has 0 aromatic rings. The number of nitrogens with one attached hydrogen (secondary N) is 1. The number of likely N-dealkylation sites (tertiary alicyclic amines) is 2. The molecule has 0 aromatic heterocycles. The molecule has 3 atom stereocenters. The molecule has 7 nitrogen and oxygen atoms in total. The van der Waals surface area contributed by atoms with Crippen LogP contribution in [0.25, 0.3) is 0 Å². The number of piperidine rings is 1. The maximum absolute atomic E-state index is 13.6. The second kappa shape index (κ2) is 12.7. The first-order valence-electron chi connectivity index (χ1n) is 13.3. The molecule has 7 heteroatoms. The zero-order valence-corrected chi connectivity index (χ0v) is 22.8. The van der Waals surface area contributed by atoms with Gasteiger partial charge in [-0.1, -0.05) is 40.2 Å². The summed E-state index contributed by atoms with van der Waals surface area (Å²) in [6.45, 7) is 16.7. The van der Waals surface area contributed by atoms with E-state index in [0.717, 1.165) is 51.7 Å². The molecule has 1 N–H and O–H groups in total. The van der Waals surface area contributed by atoms with E-state index in [1.807, 2.05) is 31.7 Å². The van der Waals surface area contributed by atoms with Gasteiger partial charge in [-0.3, -0.25) is 19.3 Å². The number of hydrogen-bond acceptors (Lipinski definition) is 4. The number of hydrogen-bond donors (Lipinski definition) is 1. The van der Waals surface area contributed by atoms with Crippen molar-refractivity contribution in [2.75, 3.05) is 26.7 Å². The first kappa shape index (κ1) is 28.3. The molecule has 3 amide bonds. The zero-order chi connectivity index (χ0) is 25.6. The van der Waals surface area contributed by atoms with Crippen LogP contribution in [0.4, 0.5) is 0 Å². The second-order valence-electron chi connectivity index (χ2n) is 11.1. The molecule has 2 saturated heterocycles. The molecule has 0 aliphatic carbocycles. The minimum absolute atomic E-state index is 0.0425. The monoisotopic (exact) mass is 476 g/mol. The van der Waals surface area contributed by atoms with Crippen LogP contribution in [0.5, 0.6) is 0 Å². The lowest BCUT2D eigenvalue weighted by atomic mass is 9.95. The van der Waals surface area contributed by atoms with E-state index in [-0.39, 0.29) is 41.6 Å². The summed E-state index contributed by atoms with van der Waals surface area (Å²) >= 11 is 0. The van der Waals surface area contributed by atoms with Crippen LogP contribution in [0.2, 0.25) is 0 Å². The van der Waals surface area contributed by atoms with Gasteiger partial charge in [-0.15, -0.1) is 0 Å². The summed E-state index contributed by atoms with van der Waals surface area (Å²) in [6, 6.07) is -0.718. The van der Waals surface area contributed by atoms with E-state index in [1.165, 1.54) is 0 Å². The van der Waals surface area contributed by atoms with Crippen LogP contribution < -0.4 is 5.32 Å². The molecule has 0 spiro atoms. The Morgan fingerprint density at radius 3 is 2.03 bits per heavy atom. The lowest BCUT2D eigenvalue weighted by Crippen LogP contribution is -2.58. The number of carbonyl (C=O) groups excluding carboxylic acids is 3. The van der Waals surface area contributed by atoms with Crippen molar-refractivity contribution in [2.45, 2.75) is 105 Å². The van der Waals surface area contributed by atoms with E-state index < -0.39 is 6.04 Å². The predicted molar refractivity (Wildman–Crippen MR) is 137 cm³/mol. The van der Waals surface area contributed by atoms with Gasteiger partial charge in [0, 0.05) is 31.8 Å². The Morgan fingerprint density at radius 1 is 0.912 bits per heavy atom. The lowest BCUT2D eigenvalue weighted by molar-refractivity contribution is -0.140. The van der Waals surface area contributed by atoms with Gasteiger partial charge in [-0.2, -0.15) is 0 Å².